The number of carbonyl (C=O) groups is 3. The molecule has 0 saturated carbocycles. The molecule has 126 valence electrons. The van der Waals surface area contributed by atoms with Gasteiger partial charge in [0.25, 0.3) is 0 Å². The molecule has 1 amide bonds. The molecule has 1 aromatic carbocycles. The average molecular weight is 323 g/mol. The van der Waals surface area contributed by atoms with Crippen molar-refractivity contribution in [2.45, 2.75) is 25.7 Å². The largest absolute Gasteiger partial charge is 0.481 e. The van der Waals surface area contributed by atoms with Crippen LogP contribution in [-0.2, 0) is 19.1 Å². The molecule has 0 aliphatic carbocycles. The summed E-state index contributed by atoms with van der Waals surface area (Å²) in [5.74, 6) is -1.54. The zero-order valence-electron chi connectivity index (χ0n) is 13.0. The van der Waals surface area contributed by atoms with E-state index in [0.29, 0.717) is 6.54 Å². The van der Waals surface area contributed by atoms with Crippen molar-refractivity contribution in [3.63, 3.8) is 0 Å². The lowest BCUT2D eigenvalue weighted by molar-refractivity contribution is -0.148. The first-order valence-electron chi connectivity index (χ1n) is 7.32. The summed E-state index contributed by atoms with van der Waals surface area (Å²) >= 11 is 0. The van der Waals surface area contributed by atoms with Crippen LogP contribution in [0.15, 0.2) is 30.3 Å². The minimum absolute atomic E-state index is 0.0790. The van der Waals surface area contributed by atoms with E-state index >= 15 is 0 Å². The Morgan fingerprint density at radius 1 is 1.09 bits per heavy atom. The maximum absolute atomic E-state index is 11.5. The summed E-state index contributed by atoms with van der Waals surface area (Å²) in [6, 6.07) is 9.75. The third kappa shape index (κ3) is 8.45. The molecule has 7 heteroatoms. The number of amides is 1. The van der Waals surface area contributed by atoms with E-state index in [1.54, 1.807) is 0 Å². The minimum atomic E-state index is -1.06. The third-order valence-electron chi connectivity index (χ3n) is 3.04. The number of aliphatic carboxylic acids is 1. The number of esters is 1. The van der Waals surface area contributed by atoms with E-state index in [2.05, 4.69) is 5.32 Å². The molecule has 2 N–H and O–H groups in total. The van der Waals surface area contributed by atoms with E-state index < -0.39 is 18.0 Å². The van der Waals surface area contributed by atoms with E-state index in [-0.39, 0.29) is 32.0 Å². The van der Waals surface area contributed by atoms with Crippen molar-refractivity contribution in [3.05, 3.63) is 35.9 Å². The van der Waals surface area contributed by atoms with Crippen LogP contribution >= 0.6 is 0 Å². The maximum Gasteiger partial charge on any atom is 0.407 e. The van der Waals surface area contributed by atoms with Gasteiger partial charge >= 0.3 is 18.0 Å². The van der Waals surface area contributed by atoms with E-state index in [9.17, 15) is 14.4 Å². The van der Waals surface area contributed by atoms with Crippen LogP contribution in [0.1, 0.15) is 31.2 Å². The highest BCUT2D eigenvalue weighted by Crippen LogP contribution is 2.12. The van der Waals surface area contributed by atoms with Crippen molar-refractivity contribution in [2.75, 3.05) is 19.8 Å². The maximum atomic E-state index is 11.5. The number of carbonyl (C=O) groups excluding carboxylic acids is 2. The fourth-order valence-corrected chi connectivity index (χ4v) is 1.76. The van der Waals surface area contributed by atoms with E-state index in [0.717, 1.165) is 5.56 Å². The van der Waals surface area contributed by atoms with Gasteiger partial charge in [-0.05, 0) is 11.5 Å². The van der Waals surface area contributed by atoms with Crippen molar-refractivity contribution < 1.29 is 29.0 Å². The molecule has 1 rings (SSSR count). The molecule has 0 saturated heterocycles. The Balaban J connectivity index is 2.10. The highest BCUT2D eigenvalue weighted by atomic mass is 16.6. The van der Waals surface area contributed by atoms with E-state index in [1.165, 1.54) is 0 Å². The molecular formula is C16H21NO6. The van der Waals surface area contributed by atoms with E-state index in [1.807, 2.05) is 37.3 Å². The Morgan fingerprint density at radius 3 is 2.39 bits per heavy atom. The van der Waals surface area contributed by atoms with Crippen molar-refractivity contribution in [1.29, 1.82) is 0 Å². The molecule has 23 heavy (non-hydrogen) atoms. The minimum Gasteiger partial charge on any atom is -0.481 e. The van der Waals surface area contributed by atoms with Crippen molar-refractivity contribution in [3.8, 4) is 0 Å². The molecule has 1 aromatic rings. The lowest BCUT2D eigenvalue weighted by atomic mass is 10.0. The summed E-state index contributed by atoms with van der Waals surface area (Å²) in [5, 5.41) is 11.0. The van der Waals surface area contributed by atoms with Crippen molar-refractivity contribution in [1.82, 2.24) is 5.32 Å². The summed E-state index contributed by atoms with van der Waals surface area (Å²) in [5.41, 5.74) is 1.11. The second-order valence-electron chi connectivity index (χ2n) is 4.94. The average Bonchev–Trinajstić information content (AvgIpc) is 2.55. The van der Waals surface area contributed by atoms with Gasteiger partial charge in [-0.15, -0.1) is 0 Å². The summed E-state index contributed by atoms with van der Waals surface area (Å²) in [7, 11) is 0. The third-order valence-corrected chi connectivity index (χ3v) is 3.04. The number of rotatable bonds is 9. The first kappa shape index (κ1) is 18.5. The molecule has 0 spiro atoms. The molecular weight excluding hydrogens is 302 g/mol. The molecule has 7 nitrogen and oxygen atoms in total. The molecule has 0 bridgehead atoms. The van der Waals surface area contributed by atoms with Crippen molar-refractivity contribution >= 4 is 18.0 Å². The van der Waals surface area contributed by atoms with Crippen LogP contribution < -0.4 is 5.32 Å². The second kappa shape index (κ2) is 10.2. The van der Waals surface area contributed by atoms with Crippen LogP contribution in [0.3, 0.4) is 0 Å². The Kier molecular flexibility index (Phi) is 8.20. The highest BCUT2D eigenvalue weighted by molar-refractivity contribution is 5.76. The standard InChI is InChI=1S/C16H21NO6/c1-12(13-5-3-2-4-6-13)11-17-16(21)23-10-9-22-15(20)8-7-14(18)19/h2-6,12H,7-11H2,1H3,(H,17,21)(H,18,19). The monoisotopic (exact) mass is 323 g/mol. The van der Waals surface area contributed by atoms with Crippen LogP contribution in [0.4, 0.5) is 4.79 Å². The number of nitrogens with one attached hydrogen (secondary N) is 1. The smallest absolute Gasteiger partial charge is 0.407 e. The molecule has 0 aliphatic heterocycles. The predicted octanol–water partition coefficient (Wildman–Crippen LogP) is 1.92. The van der Waals surface area contributed by atoms with Crippen LogP contribution in [0.25, 0.3) is 0 Å². The second-order valence-corrected chi connectivity index (χ2v) is 4.94. The number of hydrogen-bond acceptors (Lipinski definition) is 5. The SMILES string of the molecule is CC(CNC(=O)OCCOC(=O)CCC(=O)O)c1ccccc1. The normalized spacial score (nSPS) is 11.3. The number of hydrogen-bond donors (Lipinski definition) is 2. The topological polar surface area (TPSA) is 102 Å². The van der Waals surface area contributed by atoms with Gasteiger partial charge in [-0.3, -0.25) is 9.59 Å². The zero-order valence-corrected chi connectivity index (χ0v) is 13.0. The Morgan fingerprint density at radius 2 is 1.74 bits per heavy atom. The first-order valence-corrected chi connectivity index (χ1v) is 7.32. The molecule has 1 atom stereocenters. The molecule has 0 heterocycles. The van der Waals surface area contributed by atoms with Gasteiger partial charge in [0.05, 0.1) is 12.8 Å². The van der Waals surface area contributed by atoms with Crippen LogP contribution in [-0.4, -0.2) is 42.9 Å². The van der Waals surface area contributed by atoms with Gasteiger partial charge in [0.1, 0.15) is 13.2 Å². The summed E-state index contributed by atoms with van der Waals surface area (Å²) < 4.78 is 9.59. The van der Waals surface area contributed by atoms with Crippen LogP contribution in [0.5, 0.6) is 0 Å². The number of benzene rings is 1. The van der Waals surface area contributed by atoms with Gasteiger partial charge in [0.15, 0.2) is 0 Å². The summed E-state index contributed by atoms with van der Waals surface area (Å²) in [6.07, 6.45) is -1.07. The lowest BCUT2D eigenvalue weighted by Crippen LogP contribution is -2.29. The molecule has 0 radical (unpaired) electrons. The quantitative estimate of drug-likeness (QED) is 0.532. The fourth-order valence-electron chi connectivity index (χ4n) is 1.76. The first-order chi connectivity index (χ1) is 11.0. The number of carboxylic acids is 1. The fraction of sp³-hybridized carbons (Fsp3) is 0.438. The summed E-state index contributed by atoms with van der Waals surface area (Å²) in [4.78, 5) is 32.9. The Bertz CT molecular complexity index is 517. The molecule has 0 aromatic heterocycles. The Hall–Kier alpha value is -2.57. The number of carboxylic acid groups (broad SMARTS) is 1. The van der Waals surface area contributed by atoms with Crippen LogP contribution in [0, 0.1) is 0 Å². The number of ether oxygens (including phenoxy) is 2. The molecule has 1 unspecified atom stereocenters. The van der Waals surface area contributed by atoms with Gasteiger partial charge in [0.2, 0.25) is 0 Å². The lowest BCUT2D eigenvalue weighted by Gasteiger charge is -2.13. The van der Waals surface area contributed by atoms with Gasteiger partial charge in [-0.1, -0.05) is 37.3 Å². The molecule has 0 fully saturated rings. The Labute approximate surface area is 134 Å². The zero-order chi connectivity index (χ0) is 17.1. The van der Waals surface area contributed by atoms with Gasteiger partial charge in [-0.2, -0.15) is 0 Å². The van der Waals surface area contributed by atoms with Crippen LogP contribution in [0.2, 0.25) is 0 Å². The van der Waals surface area contributed by atoms with Crippen molar-refractivity contribution in [2.24, 2.45) is 0 Å². The number of alkyl carbamates (subject to hydrolysis) is 1. The highest BCUT2D eigenvalue weighted by Gasteiger charge is 2.09. The van der Waals surface area contributed by atoms with Gasteiger partial charge in [-0.25, -0.2) is 4.79 Å². The van der Waals surface area contributed by atoms with Gasteiger partial charge < -0.3 is 19.9 Å². The van der Waals surface area contributed by atoms with Gasteiger partial charge in [0, 0.05) is 6.54 Å². The molecule has 0 aliphatic rings. The predicted molar refractivity (Wildman–Crippen MR) is 82.0 cm³/mol. The summed E-state index contributed by atoms with van der Waals surface area (Å²) in [6.45, 7) is 2.24. The van der Waals surface area contributed by atoms with E-state index in [4.69, 9.17) is 14.6 Å².